The van der Waals surface area contributed by atoms with Gasteiger partial charge in [-0.2, -0.15) is 0 Å². The summed E-state index contributed by atoms with van der Waals surface area (Å²) in [5.74, 6) is 0.250. The number of hydrogen-bond acceptors (Lipinski definition) is 7. The van der Waals surface area contributed by atoms with E-state index in [4.69, 9.17) is 21.9 Å². The van der Waals surface area contributed by atoms with Crippen molar-refractivity contribution in [1.82, 2.24) is 20.3 Å². The highest BCUT2D eigenvalue weighted by Crippen LogP contribution is 2.40. The Morgan fingerprint density at radius 3 is 2.44 bits per heavy atom. The Bertz CT molecular complexity index is 1510. The number of thiazole rings is 1. The Morgan fingerprint density at radius 2 is 1.79 bits per heavy atom. The number of nitrogens with one attached hydrogen (secondary N) is 4. The highest BCUT2D eigenvalue weighted by Gasteiger charge is 2.29. The molecule has 1 amide bonds. The van der Waals surface area contributed by atoms with Gasteiger partial charge in [0.15, 0.2) is 5.11 Å². The molecule has 43 heavy (non-hydrogen) atoms. The van der Waals surface area contributed by atoms with Crippen LogP contribution in [-0.4, -0.2) is 42.3 Å². The molecule has 0 bridgehead atoms. The molecule has 1 aliphatic carbocycles. The number of benzene rings is 2. The van der Waals surface area contributed by atoms with Crippen molar-refractivity contribution in [3.63, 3.8) is 0 Å². The molecule has 1 saturated carbocycles. The van der Waals surface area contributed by atoms with Crippen LogP contribution < -0.4 is 20.7 Å². The Labute approximate surface area is 264 Å². The van der Waals surface area contributed by atoms with Crippen molar-refractivity contribution in [1.29, 1.82) is 0 Å². The van der Waals surface area contributed by atoms with Gasteiger partial charge < -0.3 is 20.7 Å². The summed E-state index contributed by atoms with van der Waals surface area (Å²) in [4.78, 5) is 17.6. The molecule has 3 aromatic rings. The zero-order valence-corrected chi connectivity index (χ0v) is 27.7. The van der Waals surface area contributed by atoms with Gasteiger partial charge in [0.05, 0.1) is 20.9 Å². The van der Waals surface area contributed by atoms with Gasteiger partial charge >= 0.3 is 6.09 Å². The molecule has 9 nitrogen and oxygen atoms in total. The SMILES string of the molecule is CC(C)OC(=O)N[C@H]1CC[C@H](c2ncc(-c3ccc(NC(=S)NCc4ccccc4)cc3S(=O)(=O)NC(C)(C)C)s2)CC1. The molecule has 4 rings (SSSR count). The minimum atomic E-state index is -3.88. The highest BCUT2D eigenvalue weighted by atomic mass is 32.2. The number of sulfonamides is 1. The standard InChI is InChI=1S/C31H41N5O4S3/c1-20(2)40-30(37)35-23-13-11-22(12-14-23)28-32-19-26(42-28)25-16-15-24(17-27(25)43(38,39)36-31(3,4)5)34-29(41)33-18-21-9-7-6-8-10-21/h6-10,15-17,19-20,22-23,36H,11-14,18H2,1-5H3,(H,35,37)(H2,33,34,41)/t22-,23-. The summed E-state index contributed by atoms with van der Waals surface area (Å²) in [6.45, 7) is 9.64. The van der Waals surface area contributed by atoms with Crippen LogP contribution in [0, 0.1) is 0 Å². The lowest BCUT2D eigenvalue weighted by Gasteiger charge is -2.28. The van der Waals surface area contributed by atoms with Gasteiger partial charge in [0.25, 0.3) is 0 Å². The summed E-state index contributed by atoms with van der Waals surface area (Å²) in [5.41, 5.74) is 1.56. The van der Waals surface area contributed by atoms with Gasteiger partial charge in [0, 0.05) is 41.5 Å². The number of aromatic nitrogens is 1. The summed E-state index contributed by atoms with van der Waals surface area (Å²) in [5, 5.41) is 10.6. The number of carbonyl (C=O) groups is 1. The first-order valence-corrected chi connectivity index (χ1v) is 17.2. The molecule has 0 atom stereocenters. The summed E-state index contributed by atoms with van der Waals surface area (Å²) < 4.78 is 35.3. The van der Waals surface area contributed by atoms with Crippen LogP contribution in [0.5, 0.6) is 0 Å². The largest absolute Gasteiger partial charge is 0.447 e. The lowest BCUT2D eigenvalue weighted by Crippen LogP contribution is -2.40. The third-order valence-corrected chi connectivity index (χ3v) is 10.0. The number of thiocarbonyl (C=S) groups is 1. The first kappa shape index (κ1) is 32.8. The maximum Gasteiger partial charge on any atom is 0.407 e. The molecular weight excluding hydrogens is 603 g/mol. The van der Waals surface area contributed by atoms with E-state index in [2.05, 4.69) is 20.7 Å². The predicted molar refractivity (Wildman–Crippen MR) is 177 cm³/mol. The van der Waals surface area contributed by atoms with Crippen molar-refractivity contribution in [2.45, 2.75) is 95.3 Å². The molecule has 0 spiro atoms. The molecule has 232 valence electrons. The van der Waals surface area contributed by atoms with Crippen LogP contribution in [0.25, 0.3) is 10.4 Å². The van der Waals surface area contributed by atoms with Crippen molar-refractivity contribution in [2.75, 3.05) is 5.32 Å². The molecule has 4 N–H and O–H groups in total. The number of alkyl carbamates (subject to hydrolysis) is 1. The van der Waals surface area contributed by atoms with E-state index in [1.807, 2.05) is 71.0 Å². The van der Waals surface area contributed by atoms with Gasteiger partial charge in [-0.1, -0.05) is 36.4 Å². The molecule has 0 aliphatic heterocycles. The number of hydrogen-bond donors (Lipinski definition) is 4. The van der Waals surface area contributed by atoms with E-state index in [0.717, 1.165) is 41.1 Å². The molecule has 1 fully saturated rings. The van der Waals surface area contributed by atoms with E-state index in [0.29, 0.717) is 22.9 Å². The topological polar surface area (TPSA) is 121 Å². The Balaban J connectivity index is 1.50. The van der Waals surface area contributed by atoms with Crippen LogP contribution in [0.3, 0.4) is 0 Å². The van der Waals surface area contributed by atoms with E-state index in [1.54, 1.807) is 18.3 Å². The van der Waals surface area contributed by atoms with Crippen molar-refractivity contribution < 1.29 is 17.9 Å². The van der Waals surface area contributed by atoms with Gasteiger partial charge in [-0.05, 0) is 90.2 Å². The molecular formula is C31H41N5O4S3. The number of nitrogens with zero attached hydrogens (tertiary/aromatic N) is 1. The fraction of sp³-hybridized carbons (Fsp3) is 0.452. The fourth-order valence-corrected chi connectivity index (χ4v) is 7.98. The van der Waals surface area contributed by atoms with E-state index in [9.17, 15) is 13.2 Å². The van der Waals surface area contributed by atoms with Gasteiger partial charge in [0.2, 0.25) is 10.0 Å². The number of carbonyl (C=O) groups excluding carboxylic acids is 1. The van der Waals surface area contributed by atoms with Crippen molar-refractivity contribution in [3.8, 4) is 10.4 Å². The van der Waals surface area contributed by atoms with Crippen LogP contribution >= 0.6 is 23.6 Å². The van der Waals surface area contributed by atoms with Gasteiger partial charge in [-0.3, -0.25) is 0 Å². The second-order valence-electron chi connectivity index (χ2n) is 12.1. The van der Waals surface area contributed by atoms with Gasteiger partial charge in [0.1, 0.15) is 0 Å². The van der Waals surface area contributed by atoms with Crippen LogP contribution in [0.15, 0.2) is 59.6 Å². The Hall–Kier alpha value is -3.06. The number of anilines is 1. The molecule has 12 heteroatoms. The second-order valence-corrected chi connectivity index (χ2v) is 15.2. The number of ether oxygens (including phenoxy) is 1. The van der Waals surface area contributed by atoms with Crippen LogP contribution in [0.1, 0.15) is 76.8 Å². The minimum Gasteiger partial charge on any atom is -0.447 e. The van der Waals surface area contributed by atoms with Crippen molar-refractivity contribution in [3.05, 3.63) is 65.3 Å². The smallest absolute Gasteiger partial charge is 0.407 e. The Morgan fingerprint density at radius 1 is 1.09 bits per heavy atom. The molecule has 1 aliphatic rings. The quantitative estimate of drug-likeness (QED) is 0.194. The van der Waals surface area contributed by atoms with E-state index in [-0.39, 0.29) is 29.1 Å². The molecule has 0 unspecified atom stereocenters. The minimum absolute atomic E-state index is 0.0791. The molecule has 1 aromatic heterocycles. The number of rotatable bonds is 9. The maximum absolute atomic E-state index is 13.6. The molecule has 0 radical (unpaired) electrons. The van der Waals surface area contributed by atoms with E-state index >= 15 is 0 Å². The molecule has 2 aromatic carbocycles. The third-order valence-electron chi connectivity index (χ3n) is 6.80. The lowest BCUT2D eigenvalue weighted by molar-refractivity contribution is 0.109. The van der Waals surface area contributed by atoms with Crippen molar-refractivity contribution in [2.24, 2.45) is 0 Å². The van der Waals surface area contributed by atoms with Gasteiger partial charge in [-0.25, -0.2) is 22.9 Å². The first-order valence-electron chi connectivity index (χ1n) is 14.5. The normalized spacial score (nSPS) is 17.3. The van der Waals surface area contributed by atoms with E-state index in [1.165, 1.54) is 11.3 Å². The van der Waals surface area contributed by atoms with Gasteiger partial charge in [-0.15, -0.1) is 11.3 Å². The average molecular weight is 644 g/mol. The molecule has 1 heterocycles. The van der Waals surface area contributed by atoms with E-state index < -0.39 is 15.6 Å². The van der Waals surface area contributed by atoms with Crippen LogP contribution in [-0.2, 0) is 21.3 Å². The van der Waals surface area contributed by atoms with Crippen molar-refractivity contribution >= 4 is 50.5 Å². The monoisotopic (exact) mass is 643 g/mol. The Kier molecular flexibility index (Phi) is 10.8. The van der Waals surface area contributed by atoms with Crippen LogP contribution in [0.4, 0.5) is 10.5 Å². The summed E-state index contributed by atoms with van der Waals surface area (Å²) in [6.07, 6.45) is 4.66. The zero-order chi connectivity index (χ0) is 31.2. The highest BCUT2D eigenvalue weighted by molar-refractivity contribution is 7.89. The lowest BCUT2D eigenvalue weighted by atomic mass is 9.86. The summed E-state index contributed by atoms with van der Waals surface area (Å²) >= 11 is 7.00. The summed E-state index contributed by atoms with van der Waals surface area (Å²) in [7, 11) is -3.88. The third kappa shape index (κ3) is 9.72. The zero-order valence-electron chi connectivity index (χ0n) is 25.3. The predicted octanol–water partition coefficient (Wildman–Crippen LogP) is 6.53. The molecule has 0 saturated heterocycles. The fourth-order valence-electron chi connectivity index (χ4n) is 4.94. The summed E-state index contributed by atoms with van der Waals surface area (Å²) in [6, 6.07) is 15.2. The average Bonchev–Trinajstić information content (AvgIpc) is 3.41. The maximum atomic E-state index is 13.6. The first-order chi connectivity index (χ1) is 20.3. The second kappa shape index (κ2) is 14.1. The van der Waals surface area contributed by atoms with Crippen LogP contribution in [0.2, 0.25) is 0 Å². The number of amides is 1.